The highest BCUT2D eigenvalue weighted by Crippen LogP contribution is 2.14. The molecular weight excluding hydrogens is 366 g/mol. The molecule has 0 aromatic heterocycles. The maximum absolute atomic E-state index is 12.1. The third-order valence-corrected chi connectivity index (χ3v) is 3.08. The maximum atomic E-state index is 12.1. The standard InChI is InChI=1S/C19H27N3O6/c1-11(2)20-17(25)22-15(23)12(3)27-16(24)13-7-9-14(10-8-13)21-18(26)28-19(4,5)6/h7-12H,1-6H3,(H,21,26)(H2,20,22,23,25)/t12-/m0/s1. The lowest BCUT2D eigenvalue weighted by atomic mass is 10.2. The summed E-state index contributed by atoms with van der Waals surface area (Å²) < 4.78 is 10.2. The van der Waals surface area contributed by atoms with Crippen LogP contribution in [0.15, 0.2) is 24.3 Å². The van der Waals surface area contributed by atoms with Crippen LogP contribution in [0.5, 0.6) is 0 Å². The summed E-state index contributed by atoms with van der Waals surface area (Å²) in [5.74, 6) is -1.48. The summed E-state index contributed by atoms with van der Waals surface area (Å²) in [6.45, 7) is 10.1. The van der Waals surface area contributed by atoms with E-state index in [4.69, 9.17) is 9.47 Å². The SMILES string of the molecule is CC(C)NC(=O)NC(=O)[C@H](C)OC(=O)c1ccc(NC(=O)OC(C)(C)C)cc1. The van der Waals surface area contributed by atoms with Gasteiger partial charge >= 0.3 is 18.1 Å². The number of hydrogen-bond donors (Lipinski definition) is 3. The topological polar surface area (TPSA) is 123 Å². The van der Waals surface area contributed by atoms with Crippen molar-refractivity contribution in [3.63, 3.8) is 0 Å². The largest absolute Gasteiger partial charge is 0.449 e. The Labute approximate surface area is 164 Å². The first-order valence-corrected chi connectivity index (χ1v) is 8.80. The number of carbonyl (C=O) groups excluding carboxylic acids is 4. The number of esters is 1. The Morgan fingerprint density at radius 2 is 1.54 bits per heavy atom. The summed E-state index contributed by atoms with van der Waals surface area (Å²) >= 11 is 0. The van der Waals surface area contributed by atoms with Gasteiger partial charge in [0.15, 0.2) is 6.10 Å². The van der Waals surface area contributed by atoms with Gasteiger partial charge in [-0.05, 0) is 65.8 Å². The minimum absolute atomic E-state index is 0.140. The van der Waals surface area contributed by atoms with Crippen LogP contribution in [0.1, 0.15) is 51.9 Å². The van der Waals surface area contributed by atoms with Crippen LogP contribution in [0.4, 0.5) is 15.3 Å². The molecule has 1 aromatic rings. The lowest BCUT2D eigenvalue weighted by Crippen LogP contribution is -2.46. The van der Waals surface area contributed by atoms with Gasteiger partial charge in [0.05, 0.1) is 5.56 Å². The zero-order valence-corrected chi connectivity index (χ0v) is 16.9. The highest BCUT2D eigenvalue weighted by molar-refractivity contribution is 5.98. The molecule has 3 N–H and O–H groups in total. The maximum Gasteiger partial charge on any atom is 0.412 e. The van der Waals surface area contributed by atoms with Crippen molar-refractivity contribution in [2.24, 2.45) is 0 Å². The fourth-order valence-corrected chi connectivity index (χ4v) is 1.91. The average molecular weight is 393 g/mol. The van der Waals surface area contributed by atoms with E-state index in [0.29, 0.717) is 5.69 Å². The molecule has 0 radical (unpaired) electrons. The quantitative estimate of drug-likeness (QED) is 0.661. The van der Waals surface area contributed by atoms with Gasteiger partial charge in [-0.1, -0.05) is 0 Å². The molecule has 0 fully saturated rings. The van der Waals surface area contributed by atoms with E-state index < -0.39 is 35.7 Å². The second-order valence-electron chi connectivity index (χ2n) is 7.37. The van der Waals surface area contributed by atoms with E-state index in [9.17, 15) is 19.2 Å². The van der Waals surface area contributed by atoms with Crippen molar-refractivity contribution in [3.8, 4) is 0 Å². The minimum atomic E-state index is -1.16. The van der Waals surface area contributed by atoms with E-state index in [-0.39, 0.29) is 11.6 Å². The molecule has 0 saturated carbocycles. The third kappa shape index (κ3) is 8.52. The van der Waals surface area contributed by atoms with Gasteiger partial charge < -0.3 is 14.8 Å². The lowest BCUT2D eigenvalue weighted by molar-refractivity contribution is -0.127. The smallest absolute Gasteiger partial charge is 0.412 e. The summed E-state index contributed by atoms with van der Waals surface area (Å²) in [7, 11) is 0. The van der Waals surface area contributed by atoms with Gasteiger partial charge in [0.1, 0.15) is 5.60 Å². The number of ether oxygens (including phenoxy) is 2. The first-order chi connectivity index (χ1) is 12.9. The average Bonchev–Trinajstić information content (AvgIpc) is 2.52. The lowest BCUT2D eigenvalue weighted by Gasteiger charge is -2.19. The predicted octanol–water partition coefficient (Wildman–Crippen LogP) is 2.81. The Balaban J connectivity index is 2.59. The molecule has 154 valence electrons. The van der Waals surface area contributed by atoms with E-state index in [0.717, 1.165) is 0 Å². The van der Waals surface area contributed by atoms with E-state index >= 15 is 0 Å². The van der Waals surface area contributed by atoms with E-state index in [1.165, 1.54) is 31.2 Å². The summed E-state index contributed by atoms with van der Waals surface area (Å²) in [6, 6.07) is 5.07. The van der Waals surface area contributed by atoms with Crippen LogP contribution in [-0.4, -0.2) is 41.7 Å². The summed E-state index contributed by atoms with van der Waals surface area (Å²) in [5, 5.41) is 7.12. The number of nitrogens with one attached hydrogen (secondary N) is 3. The molecule has 0 saturated heterocycles. The fraction of sp³-hybridized carbons (Fsp3) is 0.474. The first-order valence-electron chi connectivity index (χ1n) is 8.80. The monoisotopic (exact) mass is 393 g/mol. The molecule has 0 heterocycles. The molecule has 1 aromatic carbocycles. The second-order valence-corrected chi connectivity index (χ2v) is 7.37. The normalized spacial score (nSPS) is 12.0. The third-order valence-electron chi connectivity index (χ3n) is 3.08. The van der Waals surface area contributed by atoms with Crippen LogP contribution in [0.2, 0.25) is 0 Å². The Bertz CT molecular complexity index is 722. The Hall–Kier alpha value is -3.10. The predicted molar refractivity (Wildman–Crippen MR) is 103 cm³/mol. The molecule has 28 heavy (non-hydrogen) atoms. The van der Waals surface area contributed by atoms with Gasteiger partial charge in [-0.15, -0.1) is 0 Å². The molecule has 0 aliphatic carbocycles. The number of imide groups is 1. The molecule has 4 amide bonds. The number of urea groups is 1. The molecule has 0 unspecified atom stereocenters. The first kappa shape index (κ1) is 22.9. The molecule has 0 bridgehead atoms. The number of benzene rings is 1. The molecule has 1 atom stereocenters. The fourth-order valence-electron chi connectivity index (χ4n) is 1.91. The highest BCUT2D eigenvalue weighted by Gasteiger charge is 2.21. The van der Waals surface area contributed by atoms with Crippen molar-refractivity contribution in [1.82, 2.24) is 10.6 Å². The van der Waals surface area contributed by atoms with E-state index in [1.54, 1.807) is 34.6 Å². The van der Waals surface area contributed by atoms with Crippen molar-refractivity contribution < 1.29 is 28.7 Å². The zero-order chi connectivity index (χ0) is 21.5. The number of rotatable bonds is 5. The van der Waals surface area contributed by atoms with Gasteiger partial charge in [-0.25, -0.2) is 14.4 Å². The number of hydrogen-bond acceptors (Lipinski definition) is 6. The van der Waals surface area contributed by atoms with Crippen molar-refractivity contribution in [1.29, 1.82) is 0 Å². The summed E-state index contributed by atoms with van der Waals surface area (Å²) in [6.07, 6.45) is -1.78. The Kier molecular flexibility index (Phi) is 7.97. The highest BCUT2D eigenvalue weighted by atomic mass is 16.6. The van der Waals surface area contributed by atoms with Crippen molar-refractivity contribution in [2.45, 2.75) is 59.3 Å². The Morgan fingerprint density at radius 3 is 2.04 bits per heavy atom. The van der Waals surface area contributed by atoms with Crippen molar-refractivity contribution in [2.75, 3.05) is 5.32 Å². The van der Waals surface area contributed by atoms with Crippen LogP contribution < -0.4 is 16.0 Å². The minimum Gasteiger partial charge on any atom is -0.449 e. The molecule has 1 rings (SSSR count). The van der Waals surface area contributed by atoms with Gasteiger partial charge in [0.25, 0.3) is 5.91 Å². The van der Waals surface area contributed by atoms with Gasteiger partial charge in [0.2, 0.25) is 0 Å². The van der Waals surface area contributed by atoms with Gasteiger partial charge in [0, 0.05) is 11.7 Å². The van der Waals surface area contributed by atoms with Crippen LogP contribution in [-0.2, 0) is 14.3 Å². The molecule has 0 aliphatic heterocycles. The van der Waals surface area contributed by atoms with Crippen molar-refractivity contribution in [3.05, 3.63) is 29.8 Å². The molecule has 9 heteroatoms. The van der Waals surface area contributed by atoms with Gasteiger partial charge in [-0.3, -0.25) is 15.4 Å². The number of carbonyl (C=O) groups is 4. The van der Waals surface area contributed by atoms with E-state index in [2.05, 4.69) is 16.0 Å². The summed E-state index contributed by atoms with van der Waals surface area (Å²) in [5.41, 5.74) is -0.0145. The Morgan fingerprint density at radius 1 is 0.964 bits per heavy atom. The number of amides is 4. The molecule has 9 nitrogen and oxygen atoms in total. The van der Waals surface area contributed by atoms with E-state index in [1.807, 2.05) is 0 Å². The molecule has 0 spiro atoms. The van der Waals surface area contributed by atoms with Crippen LogP contribution in [0.3, 0.4) is 0 Å². The second kappa shape index (κ2) is 9.72. The van der Waals surface area contributed by atoms with Crippen LogP contribution in [0.25, 0.3) is 0 Å². The molecular formula is C19H27N3O6. The zero-order valence-electron chi connectivity index (χ0n) is 16.9. The summed E-state index contributed by atoms with van der Waals surface area (Å²) in [4.78, 5) is 47.2. The molecule has 0 aliphatic rings. The number of anilines is 1. The van der Waals surface area contributed by atoms with Crippen molar-refractivity contribution >= 4 is 29.7 Å². The van der Waals surface area contributed by atoms with Crippen LogP contribution in [0, 0.1) is 0 Å². The van der Waals surface area contributed by atoms with Gasteiger partial charge in [-0.2, -0.15) is 0 Å². The van der Waals surface area contributed by atoms with Crippen LogP contribution >= 0.6 is 0 Å².